The lowest BCUT2D eigenvalue weighted by Crippen LogP contribution is -2.26. The molecular formula is C14H12N4O3S. The molecule has 0 spiro atoms. The minimum atomic E-state index is -0.954. The van der Waals surface area contributed by atoms with Crippen LogP contribution in [0.4, 0.5) is 0 Å². The summed E-state index contributed by atoms with van der Waals surface area (Å²) in [4.78, 5) is 28.5. The molecule has 1 amide bonds. The molecule has 112 valence electrons. The number of nitrogens with zero attached hydrogens (tertiary/aromatic N) is 3. The van der Waals surface area contributed by atoms with Crippen molar-refractivity contribution < 1.29 is 14.7 Å². The van der Waals surface area contributed by atoms with E-state index in [0.29, 0.717) is 24.3 Å². The second-order valence-corrected chi connectivity index (χ2v) is 6.36. The van der Waals surface area contributed by atoms with E-state index in [9.17, 15) is 9.59 Å². The van der Waals surface area contributed by atoms with Crippen molar-refractivity contribution in [3.05, 3.63) is 40.2 Å². The van der Waals surface area contributed by atoms with Crippen LogP contribution in [0.25, 0.3) is 10.2 Å². The number of aromatic nitrogens is 3. The van der Waals surface area contributed by atoms with Crippen molar-refractivity contribution in [3.63, 3.8) is 0 Å². The van der Waals surface area contributed by atoms with E-state index in [1.165, 1.54) is 0 Å². The van der Waals surface area contributed by atoms with Gasteiger partial charge in [-0.25, -0.2) is 4.79 Å². The summed E-state index contributed by atoms with van der Waals surface area (Å²) in [6.45, 7) is 1.09. The lowest BCUT2D eigenvalue weighted by atomic mass is 10.3. The summed E-state index contributed by atoms with van der Waals surface area (Å²) in [7, 11) is 1.87. The van der Waals surface area contributed by atoms with E-state index in [1.807, 2.05) is 7.05 Å². The topological polar surface area (TPSA) is 91.2 Å². The van der Waals surface area contributed by atoms with E-state index in [2.05, 4.69) is 10.1 Å². The number of carbonyl (C=O) groups excluding carboxylic acids is 1. The molecule has 0 atom stereocenters. The quantitative estimate of drug-likeness (QED) is 0.754. The van der Waals surface area contributed by atoms with Crippen LogP contribution in [0, 0.1) is 0 Å². The van der Waals surface area contributed by atoms with E-state index < -0.39 is 5.97 Å². The number of nitrogens with one attached hydrogen (secondary N) is 1. The molecule has 0 saturated carbocycles. The highest BCUT2D eigenvalue weighted by Gasteiger charge is 2.28. The van der Waals surface area contributed by atoms with Crippen molar-refractivity contribution >= 4 is 33.4 Å². The molecule has 0 aliphatic carbocycles. The molecule has 1 aliphatic heterocycles. The molecule has 7 nitrogen and oxygen atoms in total. The van der Waals surface area contributed by atoms with Gasteiger partial charge in [0.1, 0.15) is 10.6 Å². The Hall–Kier alpha value is -2.61. The highest BCUT2D eigenvalue weighted by molar-refractivity contribution is 7.20. The summed E-state index contributed by atoms with van der Waals surface area (Å²) in [5.74, 6) is -1.04. The van der Waals surface area contributed by atoms with Gasteiger partial charge >= 0.3 is 5.97 Å². The Morgan fingerprint density at radius 3 is 2.86 bits per heavy atom. The lowest BCUT2D eigenvalue weighted by Gasteiger charge is -2.14. The monoisotopic (exact) mass is 316 g/mol. The number of hydrogen-bond acceptors (Lipinski definition) is 4. The maximum absolute atomic E-state index is 12.6. The number of aromatic carboxylic acids is 1. The zero-order chi connectivity index (χ0) is 15.4. The van der Waals surface area contributed by atoms with Gasteiger partial charge in [0, 0.05) is 19.2 Å². The molecule has 22 heavy (non-hydrogen) atoms. The molecule has 0 bridgehead atoms. The summed E-state index contributed by atoms with van der Waals surface area (Å²) in [5.41, 5.74) is 3.29. The fraction of sp³-hybridized carbons (Fsp3) is 0.214. The number of carboxylic acids is 1. The van der Waals surface area contributed by atoms with Crippen molar-refractivity contribution in [3.8, 4) is 0 Å². The number of H-pyrrole nitrogens is 1. The smallest absolute Gasteiger partial charge is 0.345 e. The molecular weight excluding hydrogens is 304 g/mol. The number of aromatic amines is 1. The van der Waals surface area contributed by atoms with Crippen molar-refractivity contribution in [1.29, 1.82) is 0 Å². The fourth-order valence-electron chi connectivity index (χ4n) is 2.74. The van der Waals surface area contributed by atoms with E-state index in [1.54, 1.807) is 27.9 Å². The summed E-state index contributed by atoms with van der Waals surface area (Å²) in [6, 6.07) is 3.28. The Morgan fingerprint density at radius 2 is 2.18 bits per heavy atom. The molecule has 0 unspecified atom stereocenters. The third-order valence-corrected chi connectivity index (χ3v) is 4.95. The Balaban J connectivity index is 1.61. The van der Waals surface area contributed by atoms with Gasteiger partial charge in [0.25, 0.3) is 5.91 Å². The summed E-state index contributed by atoms with van der Waals surface area (Å²) >= 11 is 1.16. The molecule has 8 heteroatoms. The highest BCUT2D eigenvalue weighted by atomic mass is 32.1. The zero-order valence-corrected chi connectivity index (χ0v) is 12.5. The average molecular weight is 316 g/mol. The normalized spacial score (nSPS) is 13.8. The molecule has 0 saturated heterocycles. The second kappa shape index (κ2) is 4.44. The molecule has 2 N–H and O–H groups in total. The van der Waals surface area contributed by atoms with Gasteiger partial charge in [0.2, 0.25) is 0 Å². The van der Waals surface area contributed by atoms with E-state index in [4.69, 9.17) is 5.11 Å². The first-order valence-electron chi connectivity index (χ1n) is 6.68. The van der Waals surface area contributed by atoms with Crippen LogP contribution in [0.15, 0.2) is 18.3 Å². The van der Waals surface area contributed by atoms with Gasteiger partial charge < -0.3 is 15.0 Å². The zero-order valence-electron chi connectivity index (χ0n) is 11.7. The maximum Gasteiger partial charge on any atom is 0.345 e. The van der Waals surface area contributed by atoms with Crippen molar-refractivity contribution in [2.45, 2.75) is 13.1 Å². The Labute approximate surface area is 128 Å². The third kappa shape index (κ3) is 1.84. The van der Waals surface area contributed by atoms with Crippen LogP contribution in [0.1, 0.15) is 31.4 Å². The molecule has 0 aromatic carbocycles. The van der Waals surface area contributed by atoms with Gasteiger partial charge in [-0.05, 0) is 12.1 Å². The summed E-state index contributed by atoms with van der Waals surface area (Å²) in [6.07, 6.45) is 1.79. The Bertz CT molecular complexity index is 888. The molecule has 4 rings (SSSR count). The molecule has 1 aliphatic rings. The number of rotatable bonds is 2. The standard InChI is InChI=1S/C14H12N4O3S/c1-17-10-6-18(5-7(10)4-15-17)13(19)9-3-11-8(16-9)2-12(22-11)14(20)21/h2-4,16H,5-6H2,1H3,(H,20,21). The van der Waals surface area contributed by atoms with Crippen LogP contribution >= 0.6 is 11.3 Å². The number of fused-ring (bicyclic) bond motifs is 2. The minimum Gasteiger partial charge on any atom is -0.477 e. The van der Waals surface area contributed by atoms with E-state index in [-0.39, 0.29) is 10.8 Å². The SMILES string of the molecule is Cn1ncc2c1CN(C(=O)c1cc3sc(C(=O)O)cc3[nH]1)C2. The van der Waals surface area contributed by atoms with Crippen molar-refractivity contribution in [1.82, 2.24) is 19.7 Å². The number of amides is 1. The maximum atomic E-state index is 12.6. The van der Waals surface area contributed by atoms with Crippen LogP contribution in [0.5, 0.6) is 0 Å². The van der Waals surface area contributed by atoms with Crippen LogP contribution in [0.3, 0.4) is 0 Å². The van der Waals surface area contributed by atoms with Crippen LogP contribution in [-0.2, 0) is 20.1 Å². The number of carboxylic acid groups (broad SMARTS) is 1. The summed E-state index contributed by atoms with van der Waals surface area (Å²) < 4.78 is 2.56. The van der Waals surface area contributed by atoms with Gasteiger partial charge in [-0.2, -0.15) is 5.10 Å². The minimum absolute atomic E-state index is 0.0866. The van der Waals surface area contributed by atoms with Crippen LogP contribution in [-0.4, -0.2) is 36.6 Å². The molecule has 0 fully saturated rings. The predicted molar refractivity (Wildman–Crippen MR) is 79.9 cm³/mol. The molecule has 3 aromatic rings. The number of carbonyl (C=O) groups is 2. The van der Waals surface area contributed by atoms with E-state index in [0.717, 1.165) is 27.3 Å². The first-order valence-corrected chi connectivity index (χ1v) is 7.49. The van der Waals surface area contributed by atoms with E-state index >= 15 is 0 Å². The Kier molecular flexibility index (Phi) is 2.64. The average Bonchev–Trinajstić information content (AvgIpc) is 3.18. The lowest BCUT2D eigenvalue weighted by molar-refractivity contribution is 0.0701. The Morgan fingerprint density at radius 1 is 1.36 bits per heavy atom. The number of thiophene rings is 1. The molecule has 4 heterocycles. The number of hydrogen-bond donors (Lipinski definition) is 2. The van der Waals surface area contributed by atoms with Crippen LogP contribution in [0.2, 0.25) is 0 Å². The third-order valence-electron chi connectivity index (χ3n) is 3.88. The second-order valence-electron chi connectivity index (χ2n) is 5.28. The van der Waals surface area contributed by atoms with Gasteiger partial charge in [-0.3, -0.25) is 9.48 Å². The summed E-state index contributed by atoms with van der Waals surface area (Å²) in [5, 5.41) is 13.1. The number of aryl methyl sites for hydroxylation is 1. The first-order chi connectivity index (χ1) is 10.5. The first kappa shape index (κ1) is 13.1. The van der Waals surface area contributed by atoms with Gasteiger partial charge in [-0.15, -0.1) is 11.3 Å². The molecule has 0 radical (unpaired) electrons. The van der Waals surface area contributed by atoms with Crippen molar-refractivity contribution in [2.75, 3.05) is 0 Å². The van der Waals surface area contributed by atoms with Crippen LogP contribution < -0.4 is 0 Å². The van der Waals surface area contributed by atoms with Crippen molar-refractivity contribution in [2.24, 2.45) is 7.05 Å². The van der Waals surface area contributed by atoms with Gasteiger partial charge in [-0.1, -0.05) is 0 Å². The highest BCUT2D eigenvalue weighted by Crippen LogP contribution is 2.28. The van der Waals surface area contributed by atoms with Gasteiger partial charge in [0.15, 0.2) is 0 Å². The van der Waals surface area contributed by atoms with Gasteiger partial charge in [0.05, 0.1) is 28.7 Å². The predicted octanol–water partition coefficient (Wildman–Crippen LogP) is 1.82. The fourth-order valence-corrected chi connectivity index (χ4v) is 3.64. The molecule has 3 aromatic heterocycles. The largest absolute Gasteiger partial charge is 0.477 e.